The fourth-order valence-electron chi connectivity index (χ4n) is 7.74. The first-order chi connectivity index (χ1) is 21.0. The highest BCUT2D eigenvalue weighted by atomic mass is 79.9. The van der Waals surface area contributed by atoms with E-state index >= 15 is 0 Å². The smallest absolute Gasteiger partial charge is 0.260 e. The molecular weight excluding hydrogens is 657 g/mol. The number of carbonyl (C=O) groups is 4. The van der Waals surface area contributed by atoms with E-state index in [0.717, 1.165) is 5.01 Å². The molecule has 2 saturated heterocycles. The number of hydrazine groups is 1. The van der Waals surface area contributed by atoms with Crippen molar-refractivity contribution in [1.29, 1.82) is 0 Å². The Morgan fingerprint density at radius 1 is 0.932 bits per heavy atom. The Kier molecular flexibility index (Phi) is 6.69. The molecule has 224 valence electrons. The summed E-state index contributed by atoms with van der Waals surface area (Å²) < 4.78 is 14.3. The van der Waals surface area contributed by atoms with Gasteiger partial charge in [0.2, 0.25) is 0 Å². The Morgan fingerprint density at radius 3 is 2.34 bits per heavy atom. The number of nitrogens with one attached hydrogen (secondary N) is 1. The van der Waals surface area contributed by atoms with Gasteiger partial charge >= 0.3 is 0 Å². The number of allylic oxidation sites excluding steroid dienone is 2. The summed E-state index contributed by atoms with van der Waals surface area (Å²) in [7, 11) is 0. The molecule has 3 aromatic carbocycles. The molecule has 0 bridgehead atoms. The fraction of sp³-hybridized carbons (Fsp3) is 0.250. The summed E-state index contributed by atoms with van der Waals surface area (Å²) in [6.45, 7) is 0. The summed E-state index contributed by atoms with van der Waals surface area (Å²) in [5.74, 6) is -7.78. The molecule has 12 heteroatoms. The number of benzene rings is 3. The second-order valence-corrected chi connectivity index (χ2v) is 12.9. The number of hydrogen-bond acceptors (Lipinski definition) is 7. The molecule has 3 N–H and O–H groups in total. The van der Waals surface area contributed by atoms with Gasteiger partial charge in [0, 0.05) is 21.0 Å². The van der Waals surface area contributed by atoms with Gasteiger partial charge in [-0.15, -0.1) is 0 Å². The minimum atomic E-state index is -1.62. The van der Waals surface area contributed by atoms with Gasteiger partial charge in [-0.3, -0.25) is 29.8 Å². The van der Waals surface area contributed by atoms with Crippen LogP contribution in [0.4, 0.5) is 10.1 Å². The third kappa shape index (κ3) is 3.99. The number of rotatable bonds is 4. The highest BCUT2D eigenvalue weighted by Crippen LogP contribution is 2.65. The lowest BCUT2D eigenvalue weighted by molar-refractivity contribution is -0.173. The fourth-order valence-corrected chi connectivity index (χ4v) is 8.24. The van der Waals surface area contributed by atoms with Gasteiger partial charge in [0.05, 0.1) is 28.9 Å². The monoisotopic (exact) mass is 679 g/mol. The molecule has 3 aromatic rings. The molecule has 2 aliphatic heterocycles. The third-order valence-electron chi connectivity index (χ3n) is 9.53. The normalized spacial score (nSPS) is 29.4. The number of anilines is 1. The van der Waals surface area contributed by atoms with Crippen LogP contribution < -0.4 is 5.43 Å². The van der Waals surface area contributed by atoms with E-state index in [1.54, 1.807) is 36.4 Å². The maximum absolute atomic E-state index is 14.9. The van der Waals surface area contributed by atoms with Crippen molar-refractivity contribution in [3.8, 4) is 5.75 Å². The van der Waals surface area contributed by atoms with Gasteiger partial charge in [-0.25, -0.2) is 4.39 Å². The van der Waals surface area contributed by atoms with Crippen LogP contribution in [0, 0.1) is 29.5 Å². The van der Waals surface area contributed by atoms with Crippen LogP contribution in [0.5, 0.6) is 5.75 Å². The molecule has 4 aliphatic rings. The van der Waals surface area contributed by atoms with Gasteiger partial charge in [0.25, 0.3) is 23.6 Å². The van der Waals surface area contributed by atoms with Gasteiger partial charge in [0.15, 0.2) is 0 Å². The van der Waals surface area contributed by atoms with Crippen LogP contribution in [0.15, 0.2) is 82.9 Å². The minimum Gasteiger partial charge on any atom is -0.508 e. The Labute approximate surface area is 264 Å². The van der Waals surface area contributed by atoms with Crippen LogP contribution >= 0.6 is 27.5 Å². The number of phenolic OH excluding ortho intramolecular Hbond substituents is 1. The quantitative estimate of drug-likeness (QED) is 0.193. The maximum Gasteiger partial charge on any atom is 0.260 e. The zero-order chi connectivity index (χ0) is 31.1. The van der Waals surface area contributed by atoms with Crippen molar-refractivity contribution >= 4 is 56.8 Å². The van der Waals surface area contributed by atoms with Crippen molar-refractivity contribution in [3.63, 3.8) is 0 Å². The van der Waals surface area contributed by atoms with Crippen LogP contribution in [0.3, 0.4) is 0 Å². The molecule has 0 aromatic heterocycles. The standard InChI is InChI=1S/C32H24BrClFN3O6/c33-16-3-12-25(39)23(13-16)27-20-10-11-21-26(30(42)38(44)28(21)40)22(20)14-24-29(41)37(36-19-8-6-18(35)7-9-19)31(43)32(24,27)15-1-4-17(34)5-2-15/h1-10,12-13,21-22,24,26-27,36,39,44H,11,14H2/t21-,22+,24-,26-,27+,32+/m0/s1. The Bertz CT molecular complexity index is 1780. The number of carbonyl (C=O) groups excluding carboxylic acids is 4. The molecule has 3 fully saturated rings. The number of imide groups is 2. The van der Waals surface area contributed by atoms with Crippen LogP contribution in [0.25, 0.3) is 0 Å². The molecule has 1 saturated carbocycles. The number of phenols is 1. The van der Waals surface area contributed by atoms with E-state index in [9.17, 15) is 33.9 Å². The molecular formula is C32H24BrClFN3O6. The second-order valence-electron chi connectivity index (χ2n) is 11.6. The van der Waals surface area contributed by atoms with E-state index in [1.165, 1.54) is 30.3 Å². The van der Waals surface area contributed by atoms with Gasteiger partial charge < -0.3 is 5.11 Å². The summed E-state index contributed by atoms with van der Waals surface area (Å²) in [5, 5.41) is 23.1. The van der Waals surface area contributed by atoms with Crippen LogP contribution in [-0.2, 0) is 24.6 Å². The van der Waals surface area contributed by atoms with Crippen molar-refractivity contribution in [2.24, 2.45) is 23.7 Å². The maximum atomic E-state index is 14.9. The molecule has 0 radical (unpaired) electrons. The van der Waals surface area contributed by atoms with Crippen molar-refractivity contribution in [2.75, 3.05) is 5.43 Å². The highest BCUT2D eigenvalue weighted by Gasteiger charge is 2.70. The van der Waals surface area contributed by atoms with Crippen molar-refractivity contribution in [1.82, 2.24) is 10.1 Å². The number of amides is 4. The number of fused-ring (bicyclic) bond motifs is 4. The largest absolute Gasteiger partial charge is 0.508 e. The van der Waals surface area contributed by atoms with Crippen molar-refractivity contribution in [3.05, 3.63) is 105 Å². The molecule has 2 heterocycles. The van der Waals surface area contributed by atoms with E-state index in [0.29, 0.717) is 31.9 Å². The first kappa shape index (κ1) is 28.7. The lowest BCUT2D eigenvalue weighted by Crippen LogP contribution is -2.53. The van der Waals surface area contributed by atoms with Gasteiger partial charge in [-0.1, -0.05) is 51.3 Å². The van der Waals surface area contributed by atoms with Crippen LogP contribution in [0.1, 0.15) is 29.9 Å². The van der Waals surface area contributed by atoms with Crippen LogP contribution in [0.2, 0.25) is 5.02 Å². The second kappa shape index (κ2) is 10.3. The molecule has 6 atom stereocenters. The average Bonchev–Trinajstić information content (AvgIpc) is 3.36. The minimum absolute atomic E-state index is 0.0138. The summed E-state index contributed by atoms with van der Waals surface area (Å²) in [6.07, 6.45) is 1.95. The van der Waals surface area contributed by atoms with Gasteiger partial charge in [-0.05, 0) is 78.9 Å². The number of nitrogens with zero attached hydrogens (tertiary/aromatic N) is 2. The Balaban J connectivity index is 1.49. The zero-order valence-electron chi connectivity index (χ0n) is 22.8. The third-order valence-corrected chi connectivity index (χ3v) is 10.3. The van der Waals surface area contributed by atoms with Gasteiger partial charge in [-0.2, -0.15) is 10.1 Å². The zero-order valence-corrected chi connectivity index (χ0v) is 25.1. The molecule has 9 nitrogen and oxygen atoms in total. The van der Waals surface area contributed by atoms with E-state index < -0.39 is 64.5 Å². The predicted molar refractivity (Wildman–Crippen MR) is 158 cm³/mol. The highest BCUT2D eigenvalue weighted by molar-refractivity contribution is 9.10. The molecule has 0 unspecified atom stereocenters. The van der Waals surface area contributed by atoms with E-state index in [4.69, 9.17) is 11.6 Å². The Morgan fingerprint density at radius 2 is 1.64 bits per heavy atom. The van der Waals surface area contributed by atoms with E-state index in [-0.39, 0.29) is 23.7 Å². The summed E-state index contributed by atoms with van der Waals surface area (Å²) in [5.41, 5.74) is 2.97. The van der Waals surface area contributed by atoms with E-state index in [1.807, 2.05) is 6.08 Å². The Hall–Kier alpha value is -4.06. The van der Waals surface area contributed by atoms with Crippen molar-refractivity contribution in [2.45, 2.75) is 24.2 Å². The molecule has 2 aliphatic carbocycles. The van der Waals surface area contributed by atoms with E-state index in [2.05, 4.69) is 21.4 Å². The van der Waals surface area contributed by atoms with Gasteiger partial charge in [0.1, 0.15) is 11.6 Å². The lowest BCUT2D eigenvalue weighted by Gasteiger charge is -2.50. The predicted octanol–water partition coefficient (Wildman–Crippen LogP) is 5.32. The molecule has 4 amide bonds. The SMILES string of the molecule is O=C1[C@H]2[C@H](CC=C3[C@H]2C[C@H]2C(=O)N(Nc4ccc(F)cc4)C(=O)[C@@]2(c2ccc(Cl)cc2)[C@H]3c2cc(Br)ccc2O)C(=O)N1O. The first-order valence-corrected chi connectivity index (χ1v) is 15.1. The average molecular weight is 681 g/mol. The summed E-state index contributed by atoms with van der Waals surface area (Å²) >= 11 is 9.73. The number of hydroxylamine groups is 2. The summed E-state index contributed by atoms with van der Waals surface area (Å²) in [6, 6.07) is 16.6. The summed E-state index contributed by atoms with van der Waals surface area (Å²) in [4.78, 5) is 55.4. The molecule has 0 spiro atoms. The van der Waals surface area contributed by atoms with Crippen molar-refractivity contribution < 1.29 is 33.9 Å². The number of aromatic hydroxyl groups is 1. The molecule has 44 heavy (non-hydrogen) atoms. The first-order valence-electron chi connectivity index (χ1n) is 14.0. The topological polar surface area (TPSA) is 127 Å². The lowest BCUT2D eigenvalue weighted by atomic mass is 9.49. The number of halogens is 3. The molecule has 7 rings (SSSR count). The number of hydrogen-bond donors (Lipinski definition) is 3. The van der Waals surface area contributed by atoms with Crippen LogP contribution in [-0.4, -0.2) is 44.0 Å².